The molecule has 1 aromatic heterocycles. The molecule has 7 nitrogen and oxygen atoms in total. The van der Waals surface area contributed by atoms with Crippen LogP contribution in [-0.2, 0) is 16.1 Å². The van der Waals surface area contributed by atoms with Gasteiger partial charge in [0.25, 0.3) is 0 Å². The molecule has 1 N–H and O–H groups in total. The molecular weight excluding hydrogens is 406 g/mol. The molecule has 1 aliphatic carbocycles. The standard InChI is InChI=1S/C25H35N3O4/c1-4-32-25(29)17-8-7-11-28(16-17)24-19(15-26-20-9-5-6-10-20)12-18-13-22(30-2)23(31-3)14-21(18)27-24/h12-14,17,20,26H,4-11,15-16H2,1-3H3/t17-/m1/s1. The predicted molar refractivity (Wildman–Crippen MR) is 126 cm³/mol. The van der Waals surface area contributed by atoms with Gasteiger partial charge >= 0.3 is 5.97 Å². The van der Waals surface area contributed by atoms with Crippen molar-refractivity contribution < 1.29 is 19.0 Å². The largest absolute Gasteiger partial charge is 0.493 e. The lowest BCUT2D eigenvalue weighted by Crippen LogP contribution is -2.40. The maximum atomic E-state index is 12.4. The van der Waals surface area contributed by atoms with Gasteiger partial charge in [0.2, 0.25) is 0 Å². The minimum absolute atomic E-state index is 0.102. The van der Waals surface area contributed by atoms with Gasteiger partial charge in [0, 0.05) is 42.7 Å². The molecule has 7 heteroatoms. The maximum Gasteiger partial charge on any atom is 0.310 e. The van der Waals surface area contributed by atoms with Gasteiger partial charge in [-0.25, -0.2) is 4.98 Å². The minimum Gasteiger partial charge on any atom is -0.493 e. The van der Waals surface area contributed by atoms with Crippen LogP contribution in [0.3, 0.4) is 0 Å². The van der Waals surface area contributed by atoms with E-state index >= 15 is 0 Å². The second-order valence-corrected chi connectivity index (χ2v) is 8.77. The van der Waals surface area contributed by atoms with Crippen LogP contribution < -0.4 is 19.7 Å². The number of anilines is 1. The van der Waals surface area contributed by atoms with Gasteiger partial charge in [-0.1, -0.05) is 12.8 Å². The lowest BCUT2D eigenvalue weighted by molar-refractivity contribution is -0.148. The van der Waals surface area contributed by atoms with E-state index in [1.807, 2.05) is 19.1 Å². The van der Waals surface area contributed by atoms with E-state index in [-0.39, 0.29) is 11.9 Å². The fourth-order valence-corrected chi connectivity index (χ4v) is 4.94. The van der Waals surface area contributed by atoms with E-state index in [0.717, 1.165) is 48.2 Å². The highest BCUT2D eigenvalue weighted by Crippen LogP contribution is 2.35. The number of pyridine rings is 1. The Kier molecular flexibility index (Phi) is 7.35. The molecule has 1 aliphatic heterocycles. The van der Waals surface area contributed by atoms with Gasteiger partial charge in [0.15, 0.2) is 11.5 Å². The van der Waals surface area contributed by atoms with Crippen LogP contribution in [0.1, 0.15) is 51.0 Å². The fourth-order valence-electron chi connectivity index (χ4n) is 4.94. The number of esters is 1. The quantitative estimate of drug-likeness (QED) is 0.619. The number of carbonyl (C=O) groups excluding carboxylic acids is 1. The lowest BCUT2D eigenvalue weighted by atomic mass is 9.97. The van der Waals surface area contributed by atoms with Crippen molar-refractivity contribution in [1.29, 1.82) is 0 Å². The highest BCUT2D eigenvalue weighted by atomic mass is 16.5. The Morgan fingerprint density at radius 3 is 2.56 bits per heavy atom. The first-order valence-corrected chi connectivity index (χ1v) is 11.8. The molecule has 0 bridgehead atoms. The average Bonchev–Trinajstić information content (AvgIpc) is 3.35. The third kappa shape index (κ3) is 4.93. The number of ether oxygens (including phenoxy) is 3. The first kappa shape index (κ1) is 22.6. The number of methoxy groups -OCH3 is 2. The molecule has 174 valence electrons. The molecule has 0 amide bonds. The fraction of sp³-hybridized carbons (Fsp3) is 0.600. The molecule has 1 saturated carbocycles. The molecular formula is C25H35N3O4. The molecule has 0 unspecified atom stereocenters. The van der Waals surface area contributed by atoms with E-state index in [4.69, 9.17) is 19.2 Å². The Balaban J connectivity index is 1.68. The van der Waals surface area contributed by atoms with Gasteiger partial charge in [-0.05, 0) is 44.7 Å². The number of hydrogen-bond donors (Lipinski definition) is 1. The molecule has 0 radical (unpaired) electrons. The van der Waals surface area contributed by atoms with Crippen LogP contribution in [0, 0.1) is 5.92 Å². The zero-order valence-electron chi connectivity index (χ0n) is 19.5. The molecule has 1 aromatic carbocycles. The summed E-state index contributed by atoms with van der Waals surface area (Å²) in [5, 5.41) is 4.76. The number of aromatic nitrogens is 1. The zero-order chi connectivity index (χ0) is 22.5. The van der Waals surface area contributed by atoms with Crippen molar-refractivity contribution in [2.45, 2.75) is 58.0 Å². The summed E-state index contributed by atoms with van der Waals surface area (Å²) in [6, 6.07) is 6.69. The van der Waals surface area contributed by atoms with Crippen LogP contribution >= 0.6 is 0 Å². The summed E-state index contributed by atoms with van der Waals surface area (Å²) in [5.41, 5.74) is 2.02. The first-order valence-electron chi connectivity index (χ1n) is 11.8. The smallest absolute Gasteiger partial charge is 0.310 e. The van der Waals surface area contributed by atoms with Crippen LogP contribution in [0.25, 0.3) is 10.9 Å². The van der Waals surface area contributed by atoms with Crippen molar-refractivity contribution in [2.75, 3.05) is 38.8 Å². The van der Waals surface area contributed by atoms with Crippen molar-refractivity contribution in [2.24, 2.45) is 5.92 Å². The number of benzene rings is 1. The normalized spacial score (nSPS) is 19.3. The average molecular weight is 442 g/mol. The first-order chi connectivity index (χ1) is 15.6. The Hall–Kier alpha value is -2.54. The number of carbonyl (C=O) groups is 1. The third-order valence-electron chi connectivity index (χ3n) is 6.65. The van der Waals surface area contributed by atoms with Gasteiger partial charge in [-0.15, -0.1) is 0 Å². The van der Waals surface area contributed by atoms with Crippen molar-refractivity contribution in [3.05, 3.63) is 23.8 Å². The molecule has 2 heterocycles. The molecule has 32 heavy (non-hydrogen) atoms. The molecule has 1 saturated heterocycles. The van der Waals surface area contributed by atoms with Crippen LogP contribution in [0.2, 0.25) is 0 Å². The van der Waals surface area contributed by atoms with Gasteiger partial charge in [0.05, 0.1) is 32.3 Å². The van der Waals surface area contributed by atoms with E-state index < -0.39 is 0 Å². The van der Waals surface area contributed by atoms with Crippen molar-refractivity contribution in [3.63, 3.8) is 0 Å². The number of piperidine rings is 1. The van der Waals surface area contributed by atoms with Gasteiger partial charge in [-0.3, -0.25) is 4.79 Å². The van der Waals surface area contributed by atoms with Gasteiger partial charge in [-0.2, -0.15) is 0 Å². The zero-order valence-corrected chi connectivity index (χ0v) is 19.5. The molecule has 0 spiro atoms. The van der Waals surface area contributed by atoms with Crippen molar-refractivity contribution in [3.8, 4) is 11.5 Å². The Morgan fingerprint density at radius 1 is 1.09 bits per heavy atom. The SMILES string of the molecule is CCOC(=O)[C@@H]1CCCN(c2nc3cc(OC)c(OC)cc3cc2CNC2CCCC2)C1. The highest BCUT2D eigenvalue weighted by Gasteiger charge is 2.29. The molecule has 1 atom stereocenters. The lowest BCUT2D eigenvalue weighted by Gasteiger charge is -2.34. The highest BCUT2D eigenvalue weighted by molar-refractivity contribution is 5.85. The number of nitrogens with zero attached hydrogens (tertiary/aromatic N) is 2. The third-order valence-corrected chi connectivity index (χ3v) is 6.65. The molecule has 4 rings (SSSR count). The molecule has 2 fully saturated rings. The molecule has 2 aromatic rings. The summed E-state index contributed by atoms with van der Waals surface area (Å²) in [7, 11) is 3.29. The Bertz CT molecular complexity index is 942. The minimum atomic E-state index is -0.109. The Morgan fingerprint density at radius 2 is 1.84 bits per heavy atom. The number of nitrogens with one attached hydrogen (secondary N) is 1. The van der Waals surface area contributed by atoms with Crippen LogP contribution in [0.4, 0.5) is 5.82 Å². The second-order valence-electron chi connectivity index (χ2n) is 8.77. The van der Waals surface area contributed by atoms with E-state index in [9.17, 15) is 4.79 Å². The maximum absolute atomic E-state index is 12.4. The van der Waals surface area contributed by atoms with E-state index in [1.165, 1.54) is 25.7 Å². The number of fused-ring (bicyclic) bond motifs is 1. The summed E-state index contributed by atoms with van der Waals surface area (Å²) in [4.78, 5) is 19.7. The van der Waals surface area contributed by atoms with Crippen LogP contribution in [0.15, 0.2) is 18.2 Å². The summed E-state index contributed by atoms with van der Waals surface area (Å²) in [6.45, 7) is 4.57. The van der Waals surface area contributed by atoms with Gasteiger partial charge < -0.3 is 24.4 Å². The van der Waals surface area contributed by atoms with Crippen molar-refractivity contribution >= 4 is 22.7 Å². The van der Waals surface area contributed by atoms with Crippen LogP contribution in [-0.4, -0.2) is 50.9 Å². The van der Waals surface area contributed by atoms with Crippen molar-refractivity contribution in [1.82, 2.24) is 10.3 Å². The van der Waals surface area contributed by atoms with E-state index in [0.29, 0.717) is 30.7 Å². The summed E-state index contributed by atoms with van der Waals surface area (Å²) in [6.07, 6.45) is 6.87. The van der Waals surface area contributed by atoms with E-state index in [2.05, 4.69) is 16.3 Å². The van der Waals surface area contributed by atoms with Gasteiger partial charge in [0.1, 0.15) is 5.82 Å². The number of rotatable bonds is 8. The summed E-state index contributed by atoms with van der Waals surface area (Å²) < 4.78 is 16.3. The molecule has 2 aliphatic rings. The second kappa shape index (κ2) is 10.4. The predicted octanol–water partition coefficient (Wildman–Crippen LogP) is 4.06. The summed E-state index contributed by atoms with van der Waals surface area (Å²) in [5.74, 6) is 2.10. The summed E-state index contributed by atoms with van der Waals surface area (Å²) >= 11 is 0. The van der Waals surface area contributed by atoms with E-state index in [1.54, 1.807) is 14.2 Å². The number of hydrogen-bond acceptors (Lipinski definition) is 7. The van der Waals surface area contributed by atoms with Crippen LogP contribution in [0.5, 0.6) is 11.5 Å². The Labute approximate surface area is 190 Å². The monoisotopic (exact) mass is 441 g/mol. The topological polar surface area (TPSA) is 72.9 Å².